The van der Waals surface area contributed by atoms with Gasteiger partial charge in [-0.1, -0.05) is 12.8 Å². The summed E-state index contributed by atoms with van der Waals surface area (Å²) in [7, 11) is 0. The highest BCUT2D eigenvalue weighted by molar-refractivity contribution is 6.45. The lowest BCUT2D eigenvalue weighted by Crippen LogP contribution is -2.20. The highest BCUT2D eigenvalue weighted by Gasteiger charge is 2.42. The molecule has 0 bridgehead atoms. The van der Waals surface area contributed by atoms with E-state index in [1.54, 1.807) is 23.1 Å². The lowest BCUT2D eigenvalue weighted by atomic mass is 9.95. The molecule has 0 amide bonds. The molecule has 11 heteroatoms. The third-order valence-electron chi connectivity index (χ3n) is 7.35. The highest BCUT2D eigenvalue weighted by Crippen LogP contribution is 2.40. The summed E-state index contributed by atoms with van der Waals surface area (Å²) in [5, 5.41) is 15.4. The molecule has 1 spiro atoms. The number of aliphatic imine (C=N–C) groups is 1. The molecule has 2 aromatic carbocycles. The SMILES string of the molecule is Cc1cc(Nc2ncnc3ccc(NC4=NC5(CCCC5)CC4=O)cc23)ccc1Oc1cc2nncn2cn1. The molecular formula is C28H25N9O2. The Morgan fingerprint density at radius 2 is 1.79 bits per heavy atom. The lowest BCUT2D eigenvalue weighted by molar-refractivity contribution is -0.113. The normalized spacial score (nSPS) is 16.2. The van der Waals surface area contributed by atoms with Gasteiger partial charge >= 0.3 is 0 Å². The second-order valence-corrected chi connectivity index (χ2v) is 10.1. The Kier molecular flexibility index (Phi) is 5.43. The first-order valence-electron chi connectivity index (χ1n) is 12.9. The fourth-order valence-electron chi connectivity index (χ4n) is 5.37. The van der Waals surface area contributed by atoms with Gasteiger partial charge < -0.3 is 15.4 Å². The molecule has 1 saturated carbocycles. The molecule has 0 atom stereocenters. The van der Waals surface area contributed by atoms with Crippen LogP contribution in [0.1, 0.15) is 37.7 Å². The molecule has 0 saturated heterocycles. The maximum Gasteiger partial charge on any atom is 0.224 e. The summed E-state index contributed by atoms with van der Waals surface area (Å²) < 4.78 is 7.70. The maximum atomic E-state index is 12.7. The molecule has 3 aromatic heterocycles. The van der Waals surface area contributed by atoms with E-state index in [1.165, 1.54) is 6.33 Å². The van der Waals surface area contributed by atoms with Crippen molar-refractivity contribution in [3.63, 3.8) is 0 Å². The van der Waals surface area contributed by atoms with E-state index in [0.29, 0.717) is 35.4 Å². The number of aryl methyl sites for hydroxylation is 1. The number of rotatable bonds is 5. The zero-order valence-corrected chi connectivity index (χ0v) is 21.3. The summed E-state index contributed by atoms with van der Waals surface area (Å²) in [4.78, 5) is 30.7. The zero-order chi connectivity index (χ0) is 26.4. The number of benzene rings is 2. The first-order valence-corrected chi connectivity index (χ1v) is 12.9. The van der Waals surface area contributed by atoms with Crippen LogP contribution >= 0.6 is 0 Å². The second-order valence-electron chi connectivity index (χ2n) is 10.1. The fraction of sp³-hybridized carbons (Fsp3) is 0.250. The topological polar surface area (TPSA) is 132 Å². The molecule has 1 aliphatic carbocycles. The van der Waals surface area contributed by atoms with E-state index in [4.69, 9.17) is 9.73 Å². The number of carbonyl (C=O) groups is 1. The number of hydrogen-bond donors (Lipinski definition) is 2. The van der Waals surface area contributed by atoms with Crippen LogP contribution in [-0.2, 0) is 4.79 Å². The number of nitrogens with zero attached hydrogens (tertiary/aromatic N) is 7. The predicted octanol–water partition coefficient (Wildman–Crippen LogP) is 5.01. The lowest BCUT2D eigenvalue weighted by Gasteiger charge is -2.16. The Hall–Kier alpha value is -4.93. The highest BCUT2D eigenvalue weighted by atomic mass is 16.5. The number of nitrogens with one attached hydrogen (secondary N) is 2. The third kappa shape index (κ3) is 4.41. The zero-order valence-electron chi connectivity index (χ0n) is 21.3. The van der Waals surface area contributed by atoms with Gasteiger partial charge in [-0.25, -0.2) is 15.0 Å². The Morgan fingerprint density at radius 1 is 0.949 bits per heavy atom. The summed E-state index contributed by atoms with van der Waals surface area (Å²) >= 11 is 0. The van der Waals surface area contributed by atoms with Crippen LogP contribution in [-0.4, -0.2) is 46.7 Å². The van der Waals surface area contributed by atoms with Crippen molar-refractivity contribution in [3.8, 4) is 11.6 Å². The predicted molar refractivity (Wildman–Crippen MR) is 147 cm³/mol. The number of ketones is 1. The average Bonchev–Trinajstić information content (AvgIpc) is 3.66. The van der Waals surface area contributed by atoms with E-state index < -0.39 is 0 Å². The Morgan fingerprint density at radius 3 is 2.67 bits per heavy atom. The third-order valence-corrected chi connectivity index (χ3v) is 7.35. The van der Waals surface area contributed by atoms with Gasteiger partial charge in [0.25, 0.3) is 0 Å². The summed E-state index contributed by atoms with van der Waals surface area (Å²) in [6.07, 6.45) is 9.47. The fourth-order valence-corrected chi connectivity index (χ4v) is 5.37. The summed E-state index contributed by atoms with van der Waals surface area (Å²) in [6.45, 7) is 1.96. The van der Waals surface area contributed by atoms with Crippen LogP contribution < -0.4 is 15.4 Å². The first-order chi connectivity index (χ1) is 19.0. The van der Waals surface area contributed by atoms with Crippen LogP contribution in [0.25, 0.3) is 16.6 Å². The van der Waals surface area contributed by atoms with Crippen molar-refractivity contribution >= 4 is 45.4 Å². The molecule has 11 nitrogen and oxygen atoms in total. The molecule has 194 valence electrons. The van der Waals surface area contributed by atoms with Crippen molar-refractivity contribution in [1.29, 1.82) is 0 Å². The Bertz CT molecular complexity index is 1770. The van der Waals surface area contributed by atoms with E-state index in [9.17, 15) is 4.79 Å². The molecule has 5 aromatic rings. The van der Waals surface area contributed by atoms with E-state index in [2.05, 4.69) is 35.8 Å². The van der Waals surface area contributed by atoms with E-state index in [-0.39, 0.29) is 11.3 Å². The van der Waals surface area contributed by atoms with Gasteiger partial charge in [-0.15, -0.1) is 10.2 Å². The second kappa shape index (κ2) is 9.12. The molecule has 39 heavy (non-hydrogen) atoms. The molecule has 7 rings (SSSR count). The molecule has 0 radical (unpaired) electrons. The molecule has 1 fully saturated rings. The van der Waals surface area contributed by atoms with Gasteiger partial charge in [0.15, 0.2) is 17.3 Å². The largest absolute Gasteiger partial charge is 0.439 e. The monoisotopic (exact) mass is 519 g/mol. The molecule has 2 aliphatic rings. The van der Waals surface area contributed by atoms with Gasteiger partial charge in [0.2, 0.25) is 5.88 Å². The minimum atomic E-state index is -0.195. The van der Waals surface area contributed by atoms with Crippen LogP contribution in [0.2, 0.25) is 0 Å². The molecular weight excluding hydrogens is 494 g/mol. The van der Waals surface area contributed by atoms with E-state index >= 15 is 0 Å². The van der Waals surface area contributed by atoms with Crippen molar-refractivity contribution in [2.45, 2.75) is 44.6 Å². The van der Waals surface area contributed by atoms with E-state index in [0.717, 1.165) is 53.5 Å². The van der Waals surface area contributed by atoms with Crippen LogP contribution in [0.5, 0.6) is 11.6 Å². The van der Waals surface area contributed by atoms with Crippen molar-refractivity contribution in [3.05, 3.63) is 67.0 Å². The number of Topliss-reactive ketones (excluding diaryl/α,β-unsaturated/α-hetero) is 1. The molecule has 1 aliphatic heterocycles. The average molecular weight is 520 g/mol. The summed E-state index contributed by atoms with van der Waals surface area (Å²) in [5.74, 6) is 2.30. The number of fused-ring (bicyclic) bond motifs is 2. The minimum absolute atomic E-state index is 0.0778. The molecule has 2 N–H and O–H groups in total. The Labute approximate surface area is 223 Å². The van der Waals surface area contributed by atoms with Gasteiger partial charge in [-0.3, -0.25) is 14.2 Å². The number of aromatic nitrogens is 6. The Balaban J connectivity index is 1.12. The van der Waals surface area contributed by atoms with Crippen LogP contribution in [0.4, 0.5) is 17.2 Å². The maximum absolute atomic E-state index is 12.7. The van der Waals surface area contributed by atoms with Crippen molar-refractivity contribution in [1.82, 2.24) is 29.5 Å². The molecule has 4 heterocycles. The van der Waals surface area contributed by atoms with E-state index in [1.807, 2.05) is 43.3 Å². The van der Waals surface area contributed by atoms with Gasteiger partial charge in [0.05, 0.1) is 11.1 Å². The first kappa shape index (κ1) is 23.2. The van der Waals surface area contributed by atoms with Gasteiger partial charge in [0, 0.05) is 29.2 Å². The van der Waals surface area contributed by atoms with Crippen molar-refractivity contribution in [2.75, 3.05) is 10.6 Å². The van der Waals surface area contributed by atoms with Crippen LogP contribution in [0.3, 0.4) is 0 Å². The molecule has 0 unspecified atom stereocenters. The standard InChI is InChI=1S/C28H25N9O2/c1-17-10-18(5-7-23(17)39-25-12-24-36-32-16-37(24)15-31-25)33-26-20-11-19(4-6-21(20)29-14-30-26)34-27-22(38)13-28(35-27)8-2-3-9-28/h4-7,10-12,14-16H,2-3,8-9,13H2,1H3,(H,34,35)(H,29,30,33). The number of hydrogen-bond acceptors (Lipinski definition) is 10. The van der Waals surface area contributed by atoms with Crippen LogP contribution in [0, 0.1) is 6.92 Å². The number of amidine groups is 1. The van der Waals surface area contributed by atoms with Crippen LogP contribution in [0.15, 0.2) is 66.4 Å². The van der Waals surface area contributed by atoms with Crippen molar-refractivity contribution < 1.29 is 9.53 Å². The summed E-state index contributed by atoms with van der Waals surface area (Å²) in [5.41, 5.74) is 3.79. The van der Waals surface area contributed by atoms with Gasteiger partial charge in [0.1, 0.15) is 30.5 Å². The van der Waals surface area contributed by atoms with Gasteiger partial charge in [-0.05, 0) is 61.7 Å². The summed E-state index contributed by atoms with van der Waals surface area (Å²) in [6, 6.07) is 13.3. The van der Waals surface area contributed by atoms with Gasteiger partial charge in [-0.2, -0.15) is 0 Å². The number of ether oxygens (including phenoxy) is 1. The minimum Gasteiger partial charge on any atom is -0.439 e. The number of anilines is 3. The quantitative estimate of drug-likeness (QED) is 0.329. The smallest absolute Gasteiger partial charge is 0.224 e. The number of carbonyl (C=O) groups excluding carboxylic acids is 1. The van der Waals surface area contributed by atoms with Crippen molar-refractivity contribution in [2.24, 2.45) is 4.99 Å².